The standard InChI is InChI=1S/C11H14ClNO/c1-7-4-8(5-9(12)10(7)14)11(6-13)2-3-11/h4-5,14H,2-3,6,13H2,1H3. The molecule has 0 heterocycles. The summed E-state index contributed by atoms with van der Waals surface area (Å²) in [4.78, 5) is 0. The van der Waals surface area contributed by atoms with Crippen LogP contribution in [0.1, 0.15) is 24.0 Å². The van der Waals surface area contributed by atoms with Crippen LogP contribution in [0.3, 0.4) is 0 Å². The summed E-state index contributed by atoms with van der Waals surface area (Å²) < 4.78 is 0. The van der Waals surface area contributed by atoms with Crippen LogP contribution >= 0.6 is 11.6 Å². The van der Waals surface area contributed by atoms with Crippen molar-refractivity contribution in [2.75, 3.05) is 6.54 Å². The van der Waals surface area contributed by atoms with E-state index in [0.717, 1.165) is 18.4 Å². The third-order valence-electron chi connectivity index (χ3n) is 3.11. The largest absolute Gasteiger partial charge is 0.506 e. The number of nitrogens with two attached hydrogens (primary N) is 1. The zero-order valence-corrected chi connectivity index (χ0v) is 8.93. The van der Waals surface area contributed by atoms with Crippen LogP contribution in [0.15, 0.2) is 12.1 Å². The minimum Gasteiger partial charge on any atom is -0.506 e. The fourth-order valence-electron chi connectivity index (χ4n) is 1.80. The van der Waals surface area contributed by atoms with E-state index in [-0.39, 0.29) is 11.2 Å². The molecule has 0 aliphatic heterocycles. The van der Waals surface area contributed by atoms with Crippen LogP contribution in [0.5, 0.6) is 5.75 Å². The Morgan fingerprint density at radius 2 is 2.14 bits per heavy atom. The first-order chi connectivity index (χ1) is 6.59. The maximum absolute atomic E-state index is 9.53. The van der Waals surface area contributed by atoms with Gasteiger partial charge in [-0.15, -0.1) is 0 Å². The molecule has 2 rings (SSSR count). The smallest absolute Gasteiger partial charge is 0.137 e. The van der Waals surface area contributed by atoms with E-state index in [1.807, 2.05) is 19.1 Å². The van der Waals surface area contributed by atoms with E-state index in [4.69, 9.17) is 17.3 Å². The molecule has 0 aromatic heterocycles. The van der Waals surface area contributed by atoms with Gasteiger partial charge in [-0.25, -0.2) is 0 Å². The highest BCUT2D eigenvalue weighted by Crippen LogP contribution is 2.48. The summed E-state index contributed by atoms with van der Waals surface area (Å²) in [5.41, 5.74) is 7.87. The van der Waals surface area contributed by atoms with Crippen molar-refractivity contribution >= 4 is 11.6 Å². The van der Waals surface area contributed by atoms with Crippen molar-refractivity contribution in [3.8, 4) is 5.75 Å². The minimum atomic E-state index is 0.141. The molecule has 0 unspecified atom stereocenters. The van der Waals surface area contributed by atoms with Crippen LogP contribution < -0.4 is 5.73 Å². The number of phenols is 1. The molecule has 2 nitrogen and oxygen atoms in total. The molecule has 0 radical (unpaired) electrons. The van der Waals surface area contributed by atoms with Gasteiger partial charge < -0.3 is 10.8 Å². The Balaban J connectivity index is 2.46. The highest BCUT2D eigenvalue weighted by Gasteiger charge is 2.43. The van der Waals surface area contributed by atoms with Gasteiger partial charge in [0.25, 0.3) is 0 Å². The third-order valence-corrected chi connectivity index (χ3v) is 3.40. The first kappa shape index (κ1) is 9.81. The van der Waals surface area contributed by atoms with Gasteiger partial charge in [0.2, 0.25) is 0 Å². The molecule has 1 aliphatic rings. The van der Waals surface area contributed by atoms with E-state index in [0.29, 0.717) is 11.6 Å². The second-order valence-corrected chi connectivity index (χ2v) is 4.52. The Bertz CT molecular complexity index is 349. The lowest BCUT2D eigenvalue weighted by molar-refractivity contribution is 0.470. The fraction of sp³-hybridized carbons (Fsp3) is 0.455. The van der Waals surface area contributed by atoms with Crippen molar-refractivity contribution in [2.24, 2.45) is 5.73 Å². The number of halogens is 1. The number of rotatable bonds is 2. The highest BCUT2D eigenvalue weighted by molar-refractivity contribution is 6.32. The van der Waals surface area contributed by atoms with Crippen molar-refractivity contribution in [3.05, 3.63) is 28.3 Å². The van der Waals surface area contributed by atoms with Gasteiger partial charge in [-0.1, -0.05) is 17.7 Å². The van der Waals surface area contributed by atoms with Crippen LogP contribution in [0, 0.1) is 6.92 Å². The lowest BCUT2D eigenvalue weighted by Gasteiger charge is -2.14. The SMILES string of the molecule is Cc1cc(C2(CN)CC2)cc(Cl)c1O. The van der Waals surface area contributed by atoms with Crippen LogP contribution in [-0.2, 0) is 5.41 Å². The molecule has 0 atom stereocenters. The second-order valence-electron chi connectivity index (χ2n) is 4.11. The second kappa shape index (κ2) is 3.14. The van der Waals surface area contributed by atoms with Gasteiger partial charge in [-0.2, -0.15) is 0 Å². The monoisotopic (exact) mass is 211 g/mol. The molecular formula is C11H14ClNO. The normalized spacial score (nSPS) is 18.2. The van der Waals surface area contributed by atoms with E-state index >= 15 is 0 Å². The average molecular weight is 212 g/mol. The van der Waals surface area contributed by atoms with Crippen molar-refractivity contribution in [2.45, 2.75) is 25.2 Å². The Labute approximate surface area is 88.7 Å². The molecule has 3 N–H and O–H groups in total. The van der Waals surface area contributed by atoms with E-state index in [1.165, 1.54) is 5.56 Å². The Morgan fingerprint density at radius 1 is 1.50 bits per heavy atom. The van der Waals surface area contributed by atoms with E-state index in [9.17, 15) is 5.11 Å². The summed E-state index contributed by atoms with van der Waals surface area (Å²) in [6, 6.07) is 3.82. The summed E-state index contributed by atoms with van der Waals surface area (Å²) in [5.74, 6) is 0.184. The van der Waals surface area contributed by atoms with Crippen LogP contribution in [-0.4, -0.2) is 11.7 Å². The number of aromatic hydroxyl groups is 1. The maximum Gasteiger partial charge on any atom is 0.137 e. The molecule has 0 spiro atoms. The van der Waals surface area contributed by atoms with Crippen LogP contribution in [0.25, 0.3) is 0 Å². The van der Waals surface area contributed by atoms with Gasteiger partial charge in [-0.05, 0) is 37.0 Å². The summed E-state index contributed by atoms with van der Waals surface area (Å²) in [5, 5.41) is 9.96. The van der Waals surface area contributed by atoms with Crippen molar-refractivity contribution in [1.82, 2.24) is 0 Å². The molecule has 1 aromatic carbocycles. The predicted molar refractivity (Wildman–Crippen MR) is 57.8 cm³/mol. The van der Waals surface area contributed by atoms with Crippen molar-refractivity contribution in [1.29, 1.82) is 0 Å². The molecule has 1 fully saturated rings. The first-order valence-corrected chi connectivity index (χ1v) is 5.16. The maximum atomic E-state index is 9.53. The molecule has 76 valence electrons. The van der Waals surface area contributed by atoms with Gasteiger partial charge in [0.05, 0.1) is 5.02 Å². The Morgan fingerprint density at radius 3 is 2.57 bits per heavy atom. The lowest BCUT2D eigenvalue weighted by Crippen LogP contribution is -2.19. The van der Waals surface area contributed by atoms with E-state index in [1.54, 1.807) is 0 Å². The van der Waals surface area contributed by atoms with Crippen LogP contribution in [0.4, 0.5) is 0 Å². The zero-order valence-electron chi connectivity index (χ0n) is 8.18. The third kappa shape index (κ3) is 1.39. The van der Waals surface area contributed by atoms with Gasteiger partial charge in [0.15, 0.2) is 0 Å². The Hall–Kier alpha value is -0.730. The zero-order chi connectivity index (χ0) is 10.3. The summed E-state index contributed by atoms with van der Waals surface area (Å²) in [7, 11) is 0. The summed E-state index contributed by atoms with van der Waals surface area (Å²) >= 11 is 5.92. The molecule has 0 amide bonds. The molecule has 14 heavy (non-hydrogen) atoms. The molecule has 1 aromatic rings. The quantitative estimate of drug-likeness (QED) is 0.789. The number of benzene rings is 1. The van der Waals surface area contributed by atoms with Gasteiger partial charge in [0, 0.05) is 12.0 Å². The number of phenolic OH excluding ortho intramolecular Hbond substituents is 1. The van der Waals surface area contributed by atoms with Crippen molar-refractivity contribution < 1.29 is 5.11 Å². The molecule has 3 heteroatoms. The lowest BCUT2D eigenvalue weighted by atomic mass is 9.94. The number of hydrogen-bond donors (Lipinski definition) is 2. The fourth-order valence-corrected chi connectivity index (χ4v) is 2.07. The Kier molecular flexibility index (Phi) is 2.20. The minimum absolute atomic E-state index is 0.141. The molecule has 0 bridgehead atoms. The molecular weight excluding hydrogens is 198 g/mol. The molecule has 1 aliphatic carbocycles. The number of aryl methyl sites for hydroxylation is 1. The molecule has 1 saturated carbocycles. The van der Waals surface area contributed by atoms with E-state index < -0.39 is 0 Å². The van der Waals surface area contributed by atoms with Gasteiger partial charge in [0.1, 0.15) is 5.75 Å². The topological polar surface area (TPSA) is 46.2 Å². The highest BCUT2D eigenvalue weighted by atomic mass is 35.5. The van der Waals surface area contributed by atoms with Crippen LogP contribution in [0.2, 0.25) is 5.02 Å². The summed E-state index contributed by atoms with van der Waals surface area (Å²) in [6.07, 6.45) is 2.26. The average Bonchev–Trinajstić information content (AvgIpc) is 2.94. The first-order valence-electron chi connectivity index (χ1n) is 4.79. The predicted octanol–water partition coefficient (Wildman–Crippen LogP) is 2.34. The molecule has 0 saturated heterocycles. The number of hydrogen-bond acceptors (Lipinski definition) is 2. The van der Waals surface area contributed by atoms with Crippen molar-refractivity contribution in [3.63, 3.8) is 0 Å². The van der Waals surface area contributed by atoms with E-state index in [2.05, 4.69) is 0 Å². The summed E-state index contributed by atoms with van der Waals surface area (Å²) in [6.45, 7) is 2.52. The van der Waals surface area contributed by atoms with Gasteiger partial charge >= 0.3 is 0 Å². The van der Waals surface area contributed by atoms with Gasteiger partial charge in [-0.3, -0.25) is 0 Å².